The Morgan fingerprint density at radius 3 is 2.30 bits per heavy atom. The van der Waals surface area contributed by atoms with Crippen LogP contribution >= 0.6 is 0 Å². The van der Waals surface area contributed by atoms with E-state index < -0.39 is 18.0 Å². The third kappa shape index (κ3) is 5.13. The van der Waals surface area contributed by atoms with Crippen LogP contribution in [0.2, 0.25) is 0 Å². The normalized spacial score (nSPS) is 10.3. The molecule has 0 aliphatic carbocycles. The fraction of sp³-hybridized carbons (Fsp3) is 0.231. The van der Waals surface area contributed by atoms with Gasteiger partial charge in [0.2, 0.25) is 5.82 Å². The van der Waals surface area contributed by atoms with Crippen LogP contribution in [0.1, 0.15) is 16.2 Å². The van der Waals surface area contributed by atoms with Gasteiger partial charge in [-0.15, -0.1) is 4.99 Å². The summed E-state index contributed by atoms with van der Waals surface area (Å²) in [6.07, 6.45) is -4.71. The Balaban J connectivity index is 0.000000816. The van der Waals surface area contributed by atoms with E-state index in [2.05, 4.69) is 24.4 Å². The molecule has 1 amide bonds. The second-order valence-electron chi connectivity index (χ2n) is 3.94. The third-order valence-electron chi connectivity index (χ3n) is 2.22. The number of aliphatic imine (C=N–C) groups is 1. The van der Waals surface area contributed by atoms with Crippen LogP contribution in [0.3, 0.4) is 0 Å². The number of ether oxygens (including phenoxy) is 1. The maximum Gasteiger partial charge on any atom is 0.471 e. The SMILES string of the molecule is COC.N=C=NC(=O)c1ccc(-c2noc(C(F)(F)F)n2)cc1. The number of hydrogen-bond acceptors (Lipinski definition) is 6. The second-order valence-corrected chi connectivity index (χ2v) is 3.94. The van der Waals surface area contributed by atoms with Crippen molar-refractivity contribution in [2.24, 2.45) is 4.99 Å². The zero-order chi connectivity index (χ0) is 17.5. The van der Waals surface area contributed by atoms with Gasteiger partial charge in [0.05, 0.1) is 6.01 Å². The van der Waals surface area contributed by atoms with Crippen molar-refractivity contribution in [1.29, 1.82) is 5.41 Å². The van der Waals surface area contributed by atoms with Crippen LogP contribution in [0.15, 0.2) is 33.8 Å². The van der Waals surface area contributed by atoms with Crippen LogP contribution in [0, 0.1) is 5.41 Å². The van der Waals surface area contributed by atoms with E-state index in [1.165, 1.54) is 24.3 Å². The van der Waals surface area contributed by atoms with Gasteiger partial charge >= 0.3 is 12.1 Å². The molecule has 0 aliphatic rings. The summed E-state index contributed by atoms with van der Waals surface area (Å²) in [7, 11) is 3.25. The van der Waals surface area contributed by atoms with E-state index in [-0.39, 0.29) is 17.0 Å². The number of rotatable bonds is 2. The number of carbonyl (C=O) groups excluding carboxylic acids is 1. The smallest absolute Gasteiger partial charge is 0.388 e. The van der Waals surface area contributed by atoms with Gasteiger partial charge in [-0.05, 0) is 12.1 Å². The number of nitrogens with one attached hydrogen (secondary N) is 1. The number of amides is 1. The van der Waals surface area contributed by atoms with Crippen LogP contribution in [-0.2, 0) is 10.9 Å². The lowest BCUT2D eigenvalue weighted by atomic mass is 10.1. The Morgan fingerprint density at radius 1 is 1.30 bits per heavy atom. The predicted octanol–water partition coefficient (Wildman–Crippen LogP) is 2.91. The second kappa shape index (κ2) is 7.97. The molecule has 23 heavy (non-hydrogen) atoms. The van der Waals surface area contributed by atoms with E-state index >= 15 is 0 Å². The zero-order valence-corrected chi connectivity index (χ0v) is 12.0. The van der Waals surface area contributed by atoms with Gasteiger partial charge in [-0.3, -0.25) is 4.79 Å². The highest BCUT2D eigenvalue weighted by Gasteiger charge is 2.38. The quantitative estimate of drug-likeness (QED) is 0.854. The molecule has 2 aromatic rings. The molecule has 0 atom stereocenters. The van der Waals surface area contributed by atoms with E-state index in [9.17, 15) is 18.0 Å². The zero-order valence-electron chi connectivity index (χ0n) is 12.0. The molecular formula is C13H11F3N4O3. The fourth-order valence-electron chi connectivity index (χ4n) is 1.33. The van der Waals surface area contributed by atoms with Gasteiger partial charge in [0.25, 0.3) is 5.91 Å². The highest BCUT2D eigenvalue weighted by Crippen LogP contribution is 2.29. The monoisotopic (exact) mass is 328 g/mol. The highest BCUT2D eigenvalue weighted by molar-refractivity contribution is 5.97. The first kappa shape index (κ1) is 18.2. The molecule has 0 fully saturated rings. The highest BCUT2D eigenvalue weighted by atomic mass is 19.4. The number of methoxy groups -OCH3 is 1. The van der Waals surface area contributed by atoms with Crippen LogP contribution in [0.4, 0.5) is 13.2 Å². The van der Waals surface area contributed by atoms with Crippen molar-refractivity contribution in [2.45, 2.75) is 6.18 Å². The van der Waals surface area contributed by atoms with E-state index in [1.54, 1.807) is 20.2 Å². The first-order chi connectivity index (χ1) is 10.8. The Kier molecular flexibility index (Phi) is 6.31. The maximum absolute atomic E-state index is 12.3. The average Bonchev–Trinajstić information content (AvgIpc) is 2.98. The number of benzene rings is 1. The van der Waals surface area contributed by atoms with E-state index in [0.717, 1.165) is 0 Å². The Hall–Kier alpha value is -2.84. The summed E-state index contributed by atoms with van der Waals surface area (Å²) >= 11 is 0. The molecule has 1 N–H and O–H groups in total. The molecule has 0 saturated carbocycles. The first-order valence-electron chi connectivity index (χ1n) is 5.91. The molecule has 0 aliphatic heterocycles. The minimum absolute atomic E-state index is 0.160. The average molecular weight is 328 g/mol. The van der Waals surface area contributed by atoms with Gasteiger partial charge in [0, 0.05) is 25.3 Å². The van der Waals surface area contributed by atoms with E-state index in [0.29, 0.717) is 0 Å². The molecule has 0 bridgehead atoms. The Morgan fingerprint density at radius 2 is 1.87 bits per heavy atom. The van der Waals surface area contributed by atoms with Crippen molar-refractivity contribution in [3.63, 3.8) is 0 Å². The Labute approximate surface area is 128 Å². The summed E-state index contributed by atoms with van der Waals surface area (Å²) in [6, 6.07) is 6.93. The minimum atomic E-state index is -4.71. The van der Waals surface area contributed by atoms with Crippen LogP contribution < -0.4 is 0 Å². The van der Waals surface area contributed by atoms with Crippen molar-refractivity contribution in [3.8, 4) is 11.4 Å². The molecule has 2 rings (SSSR count). The lowest BCUT2D eigenvalue weighted by Gasteiger charge is -1.97. The molecule has 1 aromatic carbocycles. The standard InChI is InChI=1S/C11H5F3N4O2.C2H6O/c12-11(13,14)10-17-8(18-20-10)6-1-3-7(4-2-6)9(19)16-5-15;1-3-2/h1-4,15H;1-2H3. The number of carbonyl (C=O) groups is 1. The topological polar surface area (TPSA) is 101 Å². The van der Waals surface area contributed by atoms with Crippen LogP contribution in [0.5, 0.6) is 0 Å². The number of halogens is 3. The van der Waals surface area contributed by atoms with Gasteiger partial charge in [-0.25, -0.2) is 5.41 Å². The third-order valence-corrected chi connectivity index (χ3v) is 2.22. The molecule has 1 heterocycles. The summed E-state index contributed by atoms with van der Waals surface area (Å²) in [5.74, 6) is -2.37. The molecule has 0 spiro atoms. The number of alkyl halides is 3. The molecule has 1 aromatic heterocycles. The van der Waals surface area contributed by atoms with Crippen molar-refractivity contribution in [2.75, 3.05) is 14.2 Å². The molecule has 10 heteroatoms. The van der Waals surface area contributed by atoms with E-state index in [1.807, 2.05) is 0 Å². The van der Waals surface area contributed by atoms with Crippen LogP contribution in [-0.4, -0.2) is 36.3 Å². The van der Waals surface area contributed by atoms with Gasteiger partial charge in [-0.1, -0.05) is 17.3 Å². The number of hydrogen-bond donors (Lipinski definition) is 1. The van der Waals surface area contributed by atoms with Crippen molar-refractivity contribution >= 4 is 11.9 Å². The van der Waals surface area contributed by atoms with E-state index in [4.69, 9.17) is 5.41 Å². The number of nitrogens with zero attached hydrogens (tertiary/aromatic N) is 3. The fourth-order valence-corrected chi connectivity index (χ4v) is 1.33. The molecule has 0 unspecified atom stereocenters. The summed E-state index contributed by atoms with van der Waals surface area (Å²) in [5.41, 5.74) is 0.410. The summed E-state index contributed by atoms with van der Waals surface area (Å²) in [5, 5.41) is 9.75. The van der Waals surface area contributed by atoms with Crippen LogP contribution in [0.25, 0.3) is 11.4 Å². The van der Waals surface area contributed by atoms with Crippen molar-refractivity contribution in [1.82, 2.24) is 10.1 Å². The minimum Gasteiger partial charge on any atom is -0.388 e. The first-order valence-corrected chi connectivity index (χ1v) is 5.91. The van der Waals surface area contributed by atoms with Crippen molar-refractivity contribution in [3.05, 3.63) is 35.7 Å². The molecule has 7 nitrogen and oxygen atoms in total. The van der Waals surface area contributed by atoms with Gasteiger partial charge < -0.3 is 9.26 Å². The molecule has 122 valence electrons. The predicted molar refractivity (Wildman–Crippen MR) is 72.2 cm³/mol. The number of aromatic nitrogens is 2. The lowest BCUT2D eigenvalue weighted by Crippen LogP contribution is -2.04. The van der Waals surface area contributed by atoms with Crippen molar-refractivity contribution < 1.29 is 27.2 Å². The molecule has 0 radical (unpaired) electrons. The summed E-state index contributed by atoms with van der Waals surface area (Å²) in [4.78, 5) is 17.6. The lowest BCUT2D eigenvalue weighted by molar-refractivity contribution is -0.159. The largest absolute Gasteiger partial charge is 0.471 e. The summed E-state index contributed by atoms with van der Waals surface area (Å²) in [6.45, 7) is 0. The molecule has 0 saturated heterocycles. The Bertz CT molecular complexity index is 704. The molecular weight excluding hydrogens is 317 g/mol. The van der Waals surface area contributed by atoms with Gasteiger partial charge in [0.1, 0.15) is 0 Å². The summed E-state index contributed by atoms with van der Waals surface area (Å²) < 4.78 is 45.2. The van der Waals surface area contributed by atoms with Gasteiger partial charge in [-0.2, -0.15) is 18.2 Å². The van der Waals surface area contributed by atoms with Gasteiger partial charge in [0.15, 0.2) is 0 Å². The maximum atomic E-state index is 12.3.